The van der Waals surface area contributed by atoms with Crippen molar-refractivity contribution in [3.8, 4) is 5.75 Å². The average molecular weight is 233 g/mol. The first-order valence-electron chi connectivity index (χ1n) is 6.66. The van der Waals surface area contributed by atoms with Crippen LogP contribution in [0, 0.1) is 0 Å². The molecule has 2 N–H and O–H groups in total. The highest BCUT2D eigenvalue weighted by Crippen LogP contribution is 2.41. The van der Waals surface area contributed by atoms with Crippen molar-refractivity contribution in [2.24, 2.45) is 5.73 Å². The summed E-state index contributed by atoms with van der Waals surface area (Å²) in [7, 11) is 1.75. The summed E-state index contributed by atoms with van der Waals surface area (Å²) in [6, 6.07) is 8.37. The molecular weight excluding hydrogens is 210 g/mol. The summed E-state index contributed by atoms with van der Waals surface area (Å²) in [5.41, 5.74) is 7.56. The van der Waals surface area contributed by atoms with Gasteiger partial charge in [-0.2, -0.15) is 0 Å². The molecule has 1 aliphatic rings. The molecule has 1 aliphatic carbocycles. The van der Waals surface area contributed by atoms with Crippen LogP contribution in [-0.4, -0.2) is 13.7 Å². The van der Waals surface area contributed by atoms with Crippen molar-refractivity contribution in [1.82, 2.24) is 0 Å². The molecule has 0 unspecified atom stereocenters. The number of para-hydroxylation sites is 1. The molecule has 0 aromatic heterocycles. The summed E-state index contributed by atoms with van der Waals surface area (Å²) in [5, 5.41) is 0. The van der Waals surface area contributed by atoms with Crippen LogP contribution in [0.3, 0.4) is 0 Å². The summed E-state index contributed by atoms with van der Waals surface area (Å²) in [5.74, 6) is 1.000. The van der Waals surface area contributed by atoms with E-state index in [0.29, 0.717) is 0 Å². The number of hydrogen-bond acceptors (Lipinski definition) is 2. The van der Waals surface area contributed by atoms with Gasteiger partial charge in [0.25, 0.3) is 0 Å². The van der Waals surface area contributed by atoms with Gasteiger partial charge in [0.05, 0.1) is 7.11 Å². The molecule has 0 bridgehead atoms. The topological polar surface area (TPSA) is 35.2 Å². The van der Waals surface area contributed by atoms with Gasteiger partial charge in [-0.3, -0.25) is 0 Å². The van der Waals surface area contributed by atoms with Gasteiger partial charge in [-0.05, 0) is 18.9 Å². The van der Waals surface area contributed by atoms with Gasteiger partial charge in [0.1, 0.15) is 5.75 Å². The molecule has 1 saturated carbocycles. The van der Waals surface area contributed by atoms with Crippen LogP contribution in [0.4, 0.5) is 0 Å². The highest BCUT2D eigenvalue weighted by Gasteiger charge is 2.33. The van der Waals surface area contributed by atoms with Gasteiger partial charge in [-0.25, -0.2) is 0 Å². The zero-order valence-corrected chi connectivity index (χ0v) is 10.7. The van der Waals surface area contributed by atoms with Crippen LogP contribution < -0.4 is 10.5 Å². The van der Waals surface area contributed by atoms with Crippen molar-refractivity contribution in [1.29, 1.82) is 0 Å². The van der Waals surface area contributed by atoms with Crippen molar-refractivity contribution < 1.29 is 4.74 Å². The summed E-state index contributed by atoms with van der Waals surface area (Å²) < 4.78 is 5.51. The van der Waals surface area contributed by atoms with Crippen molar-refractivity contribution in [2.75, 3.05) is 13.7 Å². The van der Waals surface area contributed by atoms with E-state index in [2.05, 4.69) is 18.2 Å². The molecule has 17 heavy (non-hydrogen) atoms. The lowest BCUT2D eigenvalue weighted by molar-refractivity contribution is 0.346. The fourth-order valence-corrected chi connectivity index (χ4v) is 3.07. The first-order chi connectivity index (χ1) is 8.32. The Labute approximate surface area is 104 Å². The fraction of sp³-hybridized carbons (Fsp3) is 0.600. The maximum atomic E-state index is 6.11. The first kappa shape index (κ1) is 12.4. The second-order valence-corrected chi connectivity index (χ2v) is 5.10. The van der Waals surface area contributed by atoms with Gasteiger partial charge < -0.3 is 10.5 Å². The molecule has 2 heteroatoms. The molecule has 0 atom stereocenters. The standard InChI is InChI=1S/C15H23NO/c1-17-14-9-5-4-8-13(14)15(12-16)10-6-2-3-7-11-15/h4-5,8-9H,2-3,6-7,10-12,16H2,1H3. The third-order valence-electron chi connectivity index (χ3n) is 4.13. The molecule has 2 nitrogen and oxygen atoms in total. The van der Waals surface area contributed by atoms with Gasteiger partial charge in [0, 0.05) is 17.5 Å². The van der Waals surface area contributed by atoms with Crippen molar-refractivity contribution in [2.45, 2.75) is 43.9 Å². The van der Waals surface area contributed by atoms with Crippen LogP contribution in [0.5, 0.6) is 5.75 Å². The van der Waals surface area contributed by atoms with Crippen LogP contribution in [0.1, 0.15) is 44.1 Å². The number of nitrogens with two attached hydrogens (primary N) is 1. The van der Waals surface area contributed by atoms with E-state index in [1.165, 1.54) is 44.1 Å². The van der Waals surface area contributed by atoms with Crippen LogP contribution in [0.25, 0.3) is 0 Å². The van der Waals surface area contributed by atoms with Gasteiger partial charge in [0.2, 0.25) is 0 Å². The molecule has 0 spiro atoms. The molecule has 0 aliphatic heterocycles. The van der Waals surface area contributed by atoms with Crippen LogP contribution in [-0.2, 0) is 5.41 Å². The summed E-state index contributed by atoms with van der Waals surface area (Å²) >= 11 is 0. The second-order valence-electron chi connectivity index (χ2n) is 5.10. The zero-order chi connectivity index (χ0) is 12.1. The van der Waals surface area contributed by atoms with E-state index in [0.717, 1.165) is 12.3 Å². The Morgan fingerprint density at radius 2 is 1.76 bits per heavy atom. The minimum absolute atomic E-state index is 0.142. The molecule has 0 amide bonds. The number of rotatable bonds is 3. The smallest absolute Gasteiger partial charge is 0.122 e. The number of benzene rings is 1. The van der Waals surface area contributed by atoms with E-state index in [-0.39, 0.29) is 5.41 Å². The highest BCUT2D eigenvalue weighted by molar-refractivity contribution is 5.40. The molecule has 1 aromatic rings. The fourth-order valence-electron chi connectivity index (χ4n) is 3.07. The molecule has 0 radical (unpaired) electrons. The zero-order valence-electron chi connectivity index (χ0n) is 10.7. The van der Waals surface area contributed by atoms with E-state index < -0.39 is 0 Å². The third-order valence-corrected chi connectivity index (χ3v) is 4.13. The van der Waals surface area contributed by atoms with Crippen molar-refractivity contribution in [3.63, 3.8) is 0 Å². The SMILES string of the molecule is COc1ccccc1C1(CN)CCCCCC1. The number of hydrogen-bond donors (Lipinski definition) is 1. The lowest BCUT2D eigenvalue weighted by Crippen LogP contribution is -2.35. The molecule has 0 saturated heterocycles. The van der Waals surface area contributed by atoms with Crippen molar-refractivity contribution >= 4 is 0 Å². The van der Waals surface area contributed by atoms with Gasteiger partial charge in [0.15, 0.2) is 0 Å². The Bertz CT molecular complexity index is 354. The van der Waals surface area contributed by atoms with E-state index in [4.69, 9.17) is 10.5 Å². The summed E-state index contributed by atoms with van der Waals surface area (Å²) in [4.78, 5) is 0. The molecule has 1 aromatic carbocycles. The third kappa shape index (κ3) is 2.47. The number of ether oxygens (including phenoxy) is 1. The van der Waals surface area contributed by atoms with Gasteiger partial charge in [-0.15, -0.1) is 0 Å². The summed E-state index contributed by atoms with van der Waals surface area (Å²) in [6.45, 7) is 0.730. The second kappa shape index (κ2) is 5.54. The Hall–Kier alpha value is -1.02. The van der Waals surface area contributed by atoms with Gasteiger partial charge >= 0.3 is 0 Å². The molecule has 1 fully saturated rings. The largest absolute Gasteiger partial charge is 0.496 e. The molecule has 0 heterocycles. The average Bonchev–Trinajstić information content (AvgIpc) is 2.65. The Balaban J connectivity index is 2.38. The Morgan fingerprint density at radius 1 is 1.12 bits per heavy atom. The van der Waals surface area contributed by atoms with Gasteiger partial charge in [-0.1, -0.05) is 43.9 Å². The van der Waals surface area contributed by atoms with E-state index in [1.807, 2.05) is 6.07 Å². The minimum atomic E-state index is 0.142. The molecule has 2 rings (SSSR count). The lowest BCUT2D eigenvalue weighted by atomic mass is 9.74. The number of methoxy groups -OCH3 is 1. The van der Waals surface area contributed by atoms with E-state index >= 15 is 0 Å². The quantitative estimate of drug-likeness (QED) is 0.813. The van der Waals surface area contributed by atoms with Crippen LogP contribution >= 0.6 is 0 Å². The molecule has 94 valence electrons. The Morgan fingerprint density at radius 3 is 2.35 bits per heavy atom. The maximum absolute atomic E-state index is 6.11. The highest BCUT2D eigenvalue weighted by atomic mass is 16.5. The van der Waals surface area contributed by atoms with Crippen LogP contribution in [0.15, 0.2) is 24.3 Å². The normalized spacial score (nSPS) is 19.6. The monoisotopic (exact) mass is 233 g/mol. The predicted octanol–water partition coefficient (Wildman–Crippen LogP) is 3.25. The predicted molar refractivity (Wildman–Crippen MR) is 71.4 cm³/mol. The maximum Gasteiger partial charge on any atom is 0.122 e. The molecular formula is C15H23NO. The summed E-state index contributed by atoms with van der Waals surface area (Å²) in [6.07, 6.45) is 7.66. The Kier molecular flexibility index (Phi) is 4.06. The lowest BCUT2D eigenvalue weighted by Gasteiger charge is -2.33. The van der Waals surface area contributed by atoms with Crippen molar-refractivity contribution in [3.05, 3.63) is 29.8 Å². The van der Waals surface area contributed by atoms with E-state index in [9.17, 15) is 0 Å². The minimum Gasteiger partial charge on any atom is -0.496 e. The van der Waals surface area contributed by atoms with E-state index in [1.54, 1.807) is 7.11 Å². The first-order valence-corrected chi connectivity index (χ1v) is 6.66. The van der Waals surface area contributed by atoms with Crippen LogP contribution in [0.2, 0.25) is 0 Å².